The molecule has 0 unspecified atom stereocenters. The summed E-state index contributed by atoms with van der Waals surface area (Å²) in [5.74, 6) is -0.0401. The summed E-state index contributed by atoms with van der Waals surface area (Å²) < 4.78 is 5.12. The number of carbonyl (C=O) groups is 1. The van der Waals surface area contributed by atoms with E-state index in [-0.39, 0.29) is 5.97 Å². The zero-order chi connectivity index (χ0) is 12.2. The quantitative estimate of drug-likeness (QED) is 0.462. The van der Waals surface area contributed by atoms with Crippen LogP contribution in [0.3, 0.4) is 0 Å². The summed E-state index contributed by atoms with van der Waals surface area (Å²) >= 11 is 0. The van der Waals surface area contributed by atoms with E-state index in [0.29, 0.717) is 13.0 Å². The maximum absolute atomic E-state index is 11.3. The first kappa shape index (κ1) is 14.3. The van der Waals surface area contributed by atoms with Crippen LogP contribution >= 0.6 is 0 Å². The molecule has 0 fully saturated rings. The van der Waals surface area contributed by atoms with Gasteiger partial charge in [0.25, 0.3) is 0 Å². The molecule has 0 atom stereocenters. The lowest BCUT2D eigenvalue weighted by Crippen LogP contribution is -2.04. The molecule has 2 nitrogen and oxygen atoms in total. The van der Waals surface area contributed by atoms with Crippen LogP contribution in [-0.4, -0.2) is 12.6 Å². The fraction of sp³-hybridized carbons (Fsp3) is 0.800. The highest BCUT2D eigenvalue weighted by molar-refractivity contribution is 5.69. The Labute approximate surface area is 105 Å². The SMILES string of the molecule is O=C1CCCCCCCCCCC/C=C/CO1. The molecule has 98 valence electrons. The van der Waals surface area contributed by atoms with Gasteiger partial charge in [0.2, 0.25) is 0 Å². The van der Waals surface area contributed by atoms with Gasteiger partial charge in [-0.1, -0.05) is 57.1 Å². The summed E-state index contributed by atoms with van der Waals surface area (Å²) in [6.07, 6.45) is 17.3. The molecule has 1 aliphatic rings. The predicted octanol–water partition coefficient (Wildman–Crippen LogP) is 4.39. The lowest BCUT2D eigenvalue weighted by atomic mass is 10.1. The highest BCUT2D eigenvalue weighted by atomic mass is 16.5. The van der Waals surface area contributed by atoms with Crippen molar-refractivity contribution >= 4 is 5.97 Å². The summed E-state index contributed by atoms with van der Waals surface area (Å²) in [5.41, 5.74) is 0. The standard InChI is InChI=1S/C15H26O2/c16-15-13-11-9-7-5-3-1-2-4-6-8-10-12-14-17-15/h10,12H,1-9,11,13-14H2/b12-10+. The maximum Gasteiger partial charge on any atom is 0.306 e. The van der Waals surface area contributed by atoms with Crippen molar-refractivity contribution in [3.05, 3.63) is 12.2 Å². The molecule has 1 rings (SSSR count). The number of hydrogen-bond donors (Lipinski definition) is 0. The molecule has 0 aliphatic carbocycles. The van der Waals surface area contributed by atoms with Crippen LogP contribution in [0.2, 0.25) is 0 Å². The van der Waals surface area contributed by atoms with E-state index in [1.54, 1.807) is 0 Å². The highest BCUT2D eigenvalue weighted by Crippen LogP contribution is 2.12. The van der Waals surface area contributed by atoms with Crippen LogP contribution in [0.25, 0.3) is 0 Å². The van der Waals surface area contributed by atoms with Gasteiger partial charge in [-0.25, -0.2) is 0 Å². The largest absolute Gasteiger partial charge is 0.461 e. The Morgan fingerprint density at radius 3 is 2.06 bits per heavy atom. The van der Waals surface area contributed by atoms with Gasteiger partial charge in [0.1, 0.15) is 6.61 Å². The number of cyclic esters (lactones) is 1. The van der Waals surface area contributed by atoms with Gasteiger partial charge in [-0.15, -0.1) is 0 Å². The second kappa shape index (κ2) is 10.4. The molecule has 0 bridgehead atoms. The molecular formula is C15H26O2. The Kier molecular flexibility index (Phi) is 8.71. The normalized spacial score (nSPS) is 23.9. The average molecular weight is 238 g/mol. The van der Waals surface area contributed by atoms with E-state index in [1.165, 1.54) is 51.4 Å². The molecule has 0 N–H and O–H groups in total. The van der Waals surface area contributed by atoms with Crippen molar-refractivity contribution < 1.29 is 9.53 Å². The topological polar surface area (TPSA) is 26.3 Å². The third kappa shape index (κ3) is 8.96. The highest BCUT2D eigenvalue weighted by Gasteiger charge is 2.01. The Balaban J connectivity index is 2.19. The minimum absolute atomic E-state index is 0.0401. The zero-order valence-electron chi connectivity index (χ0n) is 11.0. The van der Waals surface area contributed by atoms with Crippen LogP contribution in [0.4, 0.5) is 0 Å². The average Bonchev–Trinajstić information content (AvgIpc) is 2.32. The van der Waals surface area contributed by atoms with Gasteiger partial charge >= 0.3 is 5.97 Å². The molecule has 1 heterocycles. The molecule has 0 aromatic heterocycles. The minimum Gasteiger partial charge on any atom is -0.461 e. The molecule has 0 spiro atoms. The number of rotatable bonds is 0. The van der Waals surface area contributed by atoms with Crippen molar-refractivity contribution in [3.8, 4) is 0 Å². The number of hydrogen-bond acceptors (Lipinski definition) is 2. The molecule has 0 aromatic rings. The third-order valence-electron chi connectivity index (χ3n) is 3.26. The van der Waals surface area contributed by atoms with Crippen LogP contribution in [0.5, 0.6) is 0 Å². The molecule has 17 heavy (non-hydrogen) atoms. The van der Waals surface area contributed by atoms with Crippen molar-refractivity contribution in [2.45, 2.75) is 70.6 Å². The Bertz CT molecular complexity index is 221. The second-order valence-corrected chi connectivity index (χ2v) is 4.88. The fourth-order valence-electron chi connectivity index (χ4n) is 2.17. The first-order valence-electron chi connectivity index (χ1n) is 7.20. The van der Waals surface area contributed by atoms with E-state index >= 15 is 0 Å². The van der Waals surface area contributed by atoms with E-state index in [9.17, 15) is 4.79 Å². The van der Waals surface area contributed by atoms with Crippen LogP contribution in [0.15, 0.2) is 12.2 Å². The molecular weight excluding hydrogens is 212 g/mol. The lowest BCUT2D eigenvalue weighted by Gasteiger charge is -2.04. The summed E-state index contributed by atoms with van der Waals surface area (Å²) in [7, 11) is 0. The summed E-state index contributed by atoms with van der Waals surface area (Å²) in [6.45, 7) is 0.457. The molecule has 0 saturated carbocycles. The summed E-state index contributed by atoms with van der Waals surface area (Å²) in [4.78, 5) is 11.3. The van der Waals surface area contributed by atoms with Crippen LogP contribution in [-0.2, 0) is 9.53 Å². The van der Waals surface area contributed by atoms with Crippen molar-refractivity contribution in [3.63, 3.8) is 0 Å². The second-order valence-electron chi connectivity index (χ2n) is 4.88. The fourth-order valence-corrected chi connectivity index (χ4v) is 2.17. The van der Waals surface area contributed by atoms with Crippen LogP contribution < -0.4 is 0 Å². The first-order valence-corrected chi connectivity index (χ1v) is 7.20. The minimum atomic E-state index is -0.0401. The molecule has 0 saturated heterocycles. The van der Waals surface area contributed by atoms with Gasteiger partial charge in [-0.3, -0.25) is 4.79 Å². The van der Waals surface area contributed by atoms with Crippen molar-refractivity contribution in [1.82, 2.24) is 0 Å². The van der Waals surface area contributed by atoms with Crippen molar-refractivity contribution in [2.24, 2.45) is 0 Å². The molecule has 0 amide bonds. The molecule has 0 radical (unpaired) electrons. The van der Waals surface area contributed by atoms with E-state index in [2.05, 4.69) is 6.08 Å². The summed E-state index contributed by atoms with van der Waals surface area (Å²) in [6, 6.07) is 0. The molecule has 0 aromatic carbocycles. The predicted molar refractivity (Wildman–Crippen MR) is 70.9 cm³/mol. The monoisotopic (exact) mass is 238 g/mol. The van der Waals surface area contributed by atoms with Gasteiger partial charge in [0.15, 0.2) is 0 Å². The van der Waals surface area contributed by atoms with Crippen LogP contribution in [0, 0.1) is 0 Å². The van der Waals surface area contributed by atoms with Gasteiger partial charge in [0.05, 0.1) is 0 Å². The van der Waals surface area contributed by atoms with Crippen LogP contribution in [0.1, 0.15) is 70.6 Å². The summed E-state index contributed by atoms with van der Waals surface area (Å²) in [5, 5.41) is 0. The number of carbonyl (C=O) groups excluding carboxylic acids is 1. The number of allylic oxidation sites excluding steroid dienone is 1. The van der Waals surface area contributed by atoms with Gasteiger partial charge in [0, 0.05) is 6.42 Å². The maximum atomic E-state index is 11.3. The smallest absolute Gasteiger partial charge is 0.306 e. The van der Waals surface area contributed by atoms with Gasteiger partial charge < -0.3 is 4.74 Å². The Morgan fingerprint density at radius 2 is 1.35 bits per heavy atom. The lowest BCUT2D eigenvalue weighted by molar-refractivity contribution is -0.142. The van der Waals surface area contributed by atoms with E-state index in [4.69, 9.17) is 4.74 Å². The van der Waals surface area contributed by atoms with E-state index < -0.39 is 0 Å². The van der Waals surface area contributed by atoms with Gasteiger partial charge in [-0.2, -0.15) is 0 Å². The molecule has 2 heteroatoms. The third-order valence-corrected chi connectivity index (χ3v) is 3.26. The number of ether oxygens (including phenoxy) is 1. The zero-order valence-corrected chi connectivity index (χ0v) is 11.0. The molecule has 1 aliphatic heterocycles. The Morgan fingerprint density at radius 1 is 0.765 bits per heavy atom. The van der Waals surface area contributed by atoms with Crippen molar-refractivity contribution in [2.75, 3.05) is 6.61 Å². The van der Waals surface area contributed by atoms with Gasteiger partial charge in [-0.05, 0) is 19.3 Å². The number of esters is 1. The van der Waals surface area contributed by atoms with E-state index in [1.807, 2.05) is 6.08 Å². The Hall–Kier alpha value is -0.790. The van der Waals surface area contributed by atoms with Crippen molar-refractivity contribution in [1.29, 1.82) is 0 Å². The first-order chi connectivity index (χ1) is 8.39. The van der Waals surface area contributed by atoms with E-state index in [0.717, 1.165) is 12.8 Å².